The third-order valence-electron chi connectivity index (χ3n) is 4.30. The van der Waals surface area contributed by atoms with Gasteiger partial charge in [-0.05, 0) is 24.3 Å². The standard InChI is InChI=1S/C13H18ClNO2S2/c14-10-5-7-18-12(10)9-15-6-8-19(16,17)13-4-2-1-3-11(13)15/h5,7,11,13H,1-4,6,8-9H2/t11-,13-/m1/s1. The molecule has 106 valence electrons. The molecule has 2 atom stereocenters. The lowest BCUT2D eigenvalue weighted by atomic mass is 9.93. The molecule has 1 aliphatic carbocycles. The van der Waals surface area contributed by atoms with Crippen molar-refractivity contribution in [3.8, 4) is 0 Å². The van der Waals surface area contributed by atoms with E-state index < -0.39 is 9.84 Å². The van der Waals surface area contributed by atoms with Crippen LogP contribution in [0, 0.1) is 0 Å². The maximum atomic E-state index is 12.2. The van der Waals surface area contributed by atoms with E-state index in [1.807, 2.05) is 11.4 Å². The van der Waals surface area contributed by atoms with Gasteiger partial charge in [-0.2, -0.15) is 0 Å². The summed E-state index contributed by atoms with van der Waals surface area (Å²) in [5.74, 6) is 0.303. The summed E-state index contributed by atoms with van der Waals surface area (Å²) in [6.07, 6.45) is 4.04. The van der Waals surface area contributed by atoms with Crippen molar-refractivity contribution in [2.45, 2.75) is 43.5 Å². The van der Waals surface area contributed by atoms with Crippen molar-refractivity contribution in [2.75, 3.05) is 12.3 Å². The fourth-order valence-electron chi connectivity index (χ4n) is 3.29. The molecule has 1 aromatic heterocycles. The summed E-state index contributed by atoms with van der Waals surface area (Å²) in [6.45, 7) is 1.45. The van der Waals surface area contributed by atoms with E-state index in [1.165, 1.54) is 0 Å². The quantitative estimate of drug-likeness (QED) is 0.841. The monoisotopic (exact) mass is 319 g/mol. The van der Waals surface area contributed by atoms with Gasteiger partial charge in [-0.1, -0.05) is 24.4 Å². The molecular formula is C13H18ClNO2S2. The fraction of sp³-hybridized carbons (Fsp3) is 0.692. The third kappa shape index (κ3) is 2.71. The molecular weight excluding hydrogens is 302 g/mol. The van der Waals surface area contributed by atoms with Gasteiger partial charge in [0, 0.05) is 24.0 Å². The minimum Gasteiger partial charge on any atom is -0.293 e. The van der Waals surface area contributed by atoms with Gasteiger partial charge in [0.25, 0.3) is 0 Å². The van der Waals surface area contributed by atoms with E-state index in [2.05, 4.69) is 4.90 Å². The van der Waals surface area contributed by atoms with E-state index in [1.54, 1.807) is 11.3 Å². The molecule has 0 amide bonds. The van der Waals surface area contributed by atoms with Crippen LogP contribution >= 0.6 is 22.9 Å². The number of halogens is 1. The molecule has 2 aliphatic rings. The highest BCUT2D eigenvalue weighted by molar-refractivity contribution is 7.92. The molecule has 2 fully saturated rings. The van der Waals surface area contributed by atoms with Crippen molar-refractivity contribution in [3.05, 3.63) is 21.3 Å². The molecule has 6 heteroatoms. The Labute approximate surface area is 123 Å². The molecule has 1 aromatic rings. The zero-order valence-corrected chi connectivity index (χ0v) is 13.1. The lowest BCUT2D eigenvalue weighted by Gasteiger charge is -2.43. The number of thiophene rings is 1. The van der Waals surface area contributed by atoms with Gasteiger partial charge in [0.1, 0.15) is 0 Å². The van der Waals surface area contributed by atoms with Crippen LogP contribution in [-0.4, -0.2) is 36.9 Å². The Balaban J connectivity index is 1.81. The average molecular weight is 320 g/mol. The topological polar surface area (TPSA) is 37.4 Å². The summed E-state index contributed by atoms with van der Waals surface area (Å²) < 4.78 is 24.4. The average Bonchev–Trinajstić information content (AvgIpc) is 2.79. The molecule has 1 saturated heterocycles. The van der Waals surface area contributed by atoms with Crippen molar-refractivity contribution >= 4 is 32.8 Å². The first-order valence-corrected chi connectivity index (χ1v) is 9.73. The Morgan fingerprint density at radius 1 is 1.37 bits per heavy atom. The summed E-state index contributed by atoms with van der Waals surface area (Å²) in [5, 5.41) is 2.66. The predicted molar refractivity (Wildman–Crippen MR) is 79.6 cm³/mol. The van der Waals surface area contributed by atoms with Gasteiger partial charge in [0.2, 0.25) is 0 Å². The lowest BCUT2D eigenvalue weighted by Crippen LogP contribution is -2.55. The van der Waals surface area contributed by atoms with Crippen LogP contribution in [0.4, 0.5) is 0 Å². The highest BCUT2D eigenvalue weighted by Crippen LogP contribution is 2.34. The summed E-state index contributed by atoms with van der Waals surface area (Å²) in [7, 11) is -2.88. The van der Waals surface area contributed by atoms with Crippen LogP contribution in [-0.2, 0) is 16.4 Å². The number of fused-ring (bicyclic) bond motifs is 1. The molecule has 0 radical (unpaired) electrons. The molecule has 19 heavy (non-hydrogen) atoms. The van der Waals surface area contributed by atoms with Gasteiger partial charge < -0.3 is 0 Å². The summed E-state index contributed by atoms with van der Waals surface area (Å²) in [5.41, 5.74) is 0. The van der Waals surface area contributed by atoms with E-state index in [9.17, 15) is 8.42 Å². The maximum Gasteiger partial charge on any atom is 0.155 e. The summed E-state index contributed by atoms with van der Waals surface area (Å²) in [6, 6.07) is 2.12. The molecule has 0 bridgehead atoms. The largest absolute Gasteiger partial charge is 0.293 e. The zero-order valence-electron chi connectivity index (χ0n) is 10.7. The summed E-state index contributed by atoms with van der Waals surface area (Å²) >= 11 is 7.82. The first-order valence-electron chi connectivity index (χ1n) is 6.75. The van der Waals surface area contributed by atoms with Crippen LogP contribution in [0.5, 0.6) is 0 Å². The number of hydrogen-bond acceptors (Lipinski definition) is 4. The fourth-order valence-corrected chi connectivity index (χ4v) is 6.52. The highest BCUT2D eigenvalue weighted by Gasteiger charge is 2.42. The van der Waals surface area contributed by atoms with Crippen LogP contribution in [0.25, 0.3) is 0 Å². The van der Waals surface area contributed by atoms with Crippen LogP contribution in [0.15, 0.2) is 11.4 Å². The molecule has 1 aliphatic heterocycles. The molecule has 1 saturated carbocycles. The van der Waals surface area contributed by atoms with E-state index >= 15 is 0 Å². The number of hydrogen-bond donors (Lipinski definition) is 0. The number of nitrogens with zero attached hydrogens (tertiary/aromatic N) is 1. The van der Waals surface area contributed by atoms with E-state index in [-0.39, 0.29) is 11.3 Å². The van der Waals surface area contributed by atoms with Crippen LogP contribution in [0.2, 0.25) is 5.02 Å². The molecule has 2 heterocycles. The molecule has 3 rings (SSSR count). The van der Waals surface area contributed by atoms with Crippen LogP contribution < -0.4 is 0 Å². The second-order valence-electron chi connectivity index (χ2n) is 5.42. The van der Waals surface area contributed by atoms with Crippen molar-refractivity contribution < 1.29 is 8.42 Å². The third-order valence-corrected chi connectivity index (χ3v) is 7.89. The number of rotatable bonds is 2. The van der Waals surface area contributed by atoms with Gasteiger partial charge >= 0.3 is 0 Å². The van der Waals surface area contributed by atoms with Gasteiger partial charge in [0.05, 0.1) is 16.0 Å². The second-order valence-corrected chi connectivity index (χ2v) is 9.17. The zero-order chi connectivity index (χ0) is 13.5. The Hall–Kier alpha value is -0.100. The molecule has 0 unspecified atom stereocenters. The van der Waals surface area contributed by atoms with Crippen LogP contribution in [0.1, 0.15) is 30.6 Å². The minimum absolute atomic E-state index is 0.145. The Morgan fingerprint density at radius 3 is 2.89 bits per heavy atom. The normalized spacial score (nSPS) is 31.0. The van der Waals surface area contributed by atoms with Crippen molar-refractivity contribution in [1.82, 2.24) is 4.90 Å². The van der Waals surface area contributed by atoms with Gasteiger partial charge in [-0.3, -0.25) is 4.90 Å². The van der Waals surface area contributed by atoms with Crippen molar-refractivity contribution in [3.63, 3.8) is 0 Å². The number of sulfone groups is 1. The van der Waals surface area contributed by atoms with Gasteiger partial charge in [-0.25, -0.2) is 8.42 Å². The van der Waals surface area contributed by atoms with E-state index in [0.29, 0.717) is 12.3 Å². The molecule has 0 N–H and O–H groups in total. The first kappa shape index (κ1) is 13.9. The Bertz CT molecular complexity index is 555. The maximum absolute atomic E-state index is 12.2. The predicted octanol–water partition coefficient (Wildman–Crippen LogP) is 2.94. The molecule has 0 spiro atoms. The Kier molecular flexibility index (Phi) is 3.91. The van der Waals surface area contributed by atoms with E-state index in [0.717, 1.165) is 42.1 Å². The van der Waals surface area contributed by atoms with Crippen molar-refractivity contribution in [1.29, 1.82) is 0 Å². The molecule has 3 nitrogen and oxygen atoms in total. The minimum atomic E-state index is -2.88. The van der Waals surface area contributed by atoms with Crippen molar-refractivity contribution in [2.24, 2.45) is 0 Å². The highest BCUT2D eigenvalue weighted by atomic mass is 35.5. The first-order chi connectivity index (χ1) is 9.08. The smallest absolute Gasteiger partial charge is 0.155 e. The summed E-state index contributed by atoms with van der Waals surface area (Å²) in [4.78, 5) is 3.49. The molecule has 0 aromatic carbocycles. The van der Waals surface area contributed by atoms with Crippen LogP contribution in [0.3, 0.4) is 0 Å². The second kappa shape index (κ2) is 5.35. The van der Waals surface area contributed by atoms with Gasteiger partial charge in [0.15, 0.2) is 9.84 Å². The van der Waals surface area contributed by atoms with E-state index in [4.69, 9.17) is 11.6 Å². The lowest BCUT2D eigenvalue weighted by molar-refractivity contribution is 0.150. The van der Waals surface area contributed by atoms with Gasteiger partial charge in [-0.15, -0.1) is 11.3 Å². The SMILES string of the molecule is O=S1(=O)CCN(Cc2sccc2Cl)[C@@H]2CCCC[C@H]21. The Morgan fingerprint density at radius 2 is 2.16 bits per heavy atom.